The Hall–Kier alpha value is -0.900. The van der Waals surface area contributed by atoms with Crippen molar-refractivity contribution in [3.05, 3.63) is 11.7 Å². The zero-order valence-corrected chi connectivity index (χ0v) is 9.49. The second-order valence-electron chi connectivity index (χ2n) is 4.80. The molecule has 0 amide bonds. The molecule has 1 aromatic rings. The van der Waals surface area contributed by atoms with Crippen molar-refractivity contribution < 1.29 is 4.52 Å². The van der Waals surface area contributed by atoms with Crippen LogP contribution < -0.4 is 5.73 Å². The van der Waals surface area contributed by atoms with Crippen LogP contribution in [0, 0.1) is 0 Å². The van der Waals surface area contributed by atoms with Crippen LogP contribution in [0.5, 0.6) is 0 Å². The summed E-state index contributed by atoms with van der Waals surface area (Å²) < 4.78 is 5.36. The lowest BCUT2D eigenvalue weighted by Crippen LogP contribution is -2.32. The van der Waals surface area contributed by atoms with E-state index in [4.69, 9.17) is 10.3 Å². The molecule has 0 radical (unpaired) electrons. The Morgan fingerprint density at radius 2 is 2.07 bits per heavy atom. The van der Waals surface area contributed by atoms with Gasteiger partial charge in [0.25, 0.3) is 0 Å². The Kier molecular flexibility index (Phi) is 2.78. The van der Waals surface area contributed by atoms with E-state index in [9.17, 15) is 0 Å². The molecule has 0 aliphatic heterocycles. The molecule has 1 aromatic heterocycles. The van der Waals surface area contributed by atoms with Crippen LogP contribution >= 0.6 is 0 Å². The molecule has 0 unspecified atom stereocenters. The minimum Gasteiger partial charge on any atom is -0.339 e. The van der Waals surface area contributed by atoms with Crippen LogP contribution in [0.1, 0.15) is 57.2 Å². The van der Waals surface area contributed by atoms with Gasteiger partial charge in [-0.25, -0.2) is 0 Å². The number of aromatic nitrogens is 2. The summed E-state index contributed by atoms with van der Waals surface area (Å²) in [5.41, 5.74) is 5.83. The molecule has 0 bridgehead atoms. The summed E-state index contributed by atoms with van der Waals surface area (Å²) in [5.74, 6) is 1.87. The van der Waals surface area contributed by atoms with Crippen LogP contribution in [-0.2, 0) is 5.41 Å². The fourth-order valence-corrected chi connectivity index (χ4v) is 2.24. The first-order valence-electron chi connectivity index (χ1n) is 5.72. The van der Waals surface area contributed by atoms with E-state index < -0.39 is 0 Å². The number of rotatable bonds is 3. The topological polar surface area (TPSA) is 64.9 Å². The van der Waals surface area contributed by atoms with Crippen molar-refractivity contribution in [2.75, 3.05) is 6.54 Å². The molecule has 0 atom stereocenters. The number of nitrogens with two attached hydrogens (primary N) is 1. The van der Waals surface area contributed by atoms with E-state index >= 15 is 0 Å². The third kappa shape index (κ3) is 1.78. The van der Waals surface area contributed by atoms with Crippen LogP contribution in [0.25, 0.3) is 0 Å². The molecule has 0 saturated heterocycles. The molecular weight excluding hydrogens is 190 g/mol. The minimum atomic E-state index is -0.0276. The molecule has 0 aromatic carbocycles. The molecule has 0 spiro atoms. The van der Waals surface area contributed by atoms with Gasteiger partial charge in [-0.15, -0.1) is 0 Å². The average molecular weight is 209 g/mol. The molecule has 1 heterocycles. The highest BCUT2D eigenvalue weighted by Crippen LogP contribution is 2.39. The van der Waals surface area contributed by atoms with Gasteiger partial charge >= 0.3 is 0 Å². The summed E-state index contributed by atoms with van der Waals surface area (Å²) in [7, 11) is 0. The smallest absolute Gasteiger partial charge is 0.234 e. The largest absolute Gasteiger partial charge is 0.339 e. The monoisotopic (exact) mass is 209 g/mol. The van der Waals surface area contributed by atoms with E-state index in [0.717, 1.165) is 24.6 Å². The molecule has 15 heavy (non-hydrogen) atoms. The van der Waals surface area contributed by atoms with Crippen molar-refractivity contribution in [3.63, 3.8) is 0 Å². The van der Waals surface area contributed by atoms with Crippen LogP contribution in [0.4, 0.5) is 0 Å². The zero-order chi connectivity index (χ0) is 10.9. The van der Waals surface area contributed by atoms with Crippen molar-refractivity contribution in [3.8, 4) is 0 Å². The second-order valence-corrected chi connectivity index (χ2v) is 4.80. The van der Waals surface area contributed by atoms with Crippen molar-refractivity contribution in [2.45, 2.75) is 50.9 Å². The van der Waals surface area contributed by atoms with Gasteiger partial charge in [-0.05, 0) is 12.8 Å². The Bertz CT molecular complexity index is 326. The Labute approximate surface area is 90.2 Å². The fourth-order valence-electron chi connectivity index (χ4n) is 2.24. The number of hydrogen-bond donors (Lipinski definition) is 1. The number of hydrogen-bond acceptors (Lipinski definition) is 4. The van der Waals surface area contributed by atoms with Crippen LogP contribution in [-0.4, -0.2) is 16.7 Å². The van der Waals surface area contributed by atoms with Crippen molar-refractivity contribution >= 4 is 0 Å². The minimum absolute atomic E-state index is 0.0276. The van der Waals surface area contributed by atoms with E-state index in [1.807, 2.05) is 0 Å². The predicted octanol–water partition coefficient (Wildman–Crippen LogP) is 1.96. The summed E-state index contributed by atoms with van der Waals surface area (Å²) in [4.78, 5) is 4.48. The van der Waals surface area contributed by atoms with Gasteiger partial charge in [0.2, 0.25) is 5.89 Å². The average Bonchev–Trinajstić information content (AvgIpc) is 2.87. The van der Waals surface area contributed by atoms with Gasteiger partial charge in [0, 0.05) is 12.5 Å². The molecule has 2 N–H and O–H groups in total. The van der Waals surface area contributed by atoms with Gasteiger partial charge in [-0.1, -0.05) is 31.8 Å². The van der Waals surface area contributed by atoms with Gasteiger partial charge in [0.15, 0.2) is 5.82 Å². The van der Waals surface area contributed by atoms with Gasteiger partial charge < -0.3 is 10.3 Å². The van der Waals surface area contributed by atoms with Crippen LogP contribution in [0.3, 0.4) is 0 Å². The van der Waals surface area contributed by atoms with Gasteiger partial charge in [-0.2, -0.15) is 4.98 Å². The van der Waals surface area contributed by atoms with Crippen molar-refractivity contribution in [1.82, 2.24) is 10.1 Å². The highest BCUT2D eigenvalue weighted by Gasteiger charge is 2.39. The third-order valence-corrected chi connectivity index (χ3v) is 3.36. The standard InChI is InChI=1S/C11H19N3O/c1-8(2)9-13-10(15-14-9)11(7-12)5-3-4-6-11/h8H,3-7,12H2,1-2H3. The van der Waals surface area contributed by atoms with Crippen molar-refractivity contribution in [1.29, 1.82) is 0 Å². The zero-order valence-electron chi connectivity index (χ0n) is 9.49. The van der Waals surface area contributed by atoms with Gasteiger partial charge in [0.05, 0.1) is 5.41 Å². The summed E-state index contributed by atoms with van der Waals surface area (Å²) >= 11 is 0. The van der Waals surface area contributed by atoms with Crippen LogP contribution in [0.15, 0.2) is 4.52 Å². The Morgan fingerprint density at radius 3 is 2.53 bits per heavy atom. The van der Waals surface area contributed by atoms with Crippen LogP contribution in [0.2, 0.25) is 0 Å². The molecule has 84 valence electrons. The van der Waals surface area contributed by atoms with E-state index in [-0.39, 0.29) is 5.41 Å². The first kappa shape index (κ1) is 10.6. The van der Waals surface area contributed by atoms with Gasteiger partial charge in [-0.3, -0.25) is 0 Å². The fraction of sp³-hybridized carbons (Fsp3) is 0.818. The third-order valence-electron chi connectivity index (χ3n) is 3.36. The van der Waals surface area contributed by atoms with E-state index in [1.54, 1.807) is 0 Å². The summed E-state index contributed by atoms with van der Waals surface area (Å²) in [6.07, 6.45) is 4.61. The maximum absolute atomic E-state index is 5.86. The summed E-state index contributed by atoms with van der Waals surface area (Å²) in [6, 6.07) is 0. The van der Waals surface area contributed by atoms with Gasteiger partial charge in [0.1, 0.15) is 0 Å². The lowest BCUT2D eigenvalue weighted by atomic mass is 9.86. The maximum atomic E-state index is 5.86. The highest BCUT2D eigenvalue weighted by molar-refractivity contribution is 5.09. The molecule has 2 rings (SSSR count). The quantitative estimate of drug-likeness (QED) is 0.826. The Morgan fingerprint density at radius 1 is 1.40 bits per heavy atom. The molecule has 1 saturated carbocycles. The highest BCUT2D eigenvalue weighted by atomic mass is 16.5. The predicted molar refractivity (Wildman–Crippen MR) is 57.6 cm³/mol. The molecule has 1 fully saturated rings. The molecule has 4 nitrogen and oxygen atoms in total. The molecule has 1 aliphatic carbocycles. The summed E-state index contributed by atoms with van der Waals surface area (Å²) in [5, 5.41) is 4.01. The lowest BCUT2D eigenvalue weighted by molar-refractivity contribution is 0.282. The van der Waals surface area contributed by atoms with E-state index in [2.05, 4.69) is 24.0 Å². The van der Waals surface area contributed by atoms with E-state index in [0.29, 0.717) is 12.5 Å². The first-order valence-corrected chi connectivity index (χ1v) is 5.72. The Balaban J connectivity index is 2.27. The van der Waals surface area contributed by atoms with Crippen molar-refractivity contribution in [2.24, 2.45) is 5.73 Å². The molecular formula is C11H19N3O. The maximum Gasteiger partial charge on any atom is 0.234 e. The van der Waals surface area contributed by atoms with E-state index in [1.165, 1.54) is 12.8 Å². The molecule has 4 heteroatoms. The lowest BCUT2D eigenvalue weighted by Gasteiger charge is -2.21. The SMILES string of the molecule is CC(C)c1noc(C2(CN)CCCC2)n1. The number of nitrogens with zero attached hydrogens (tertiary/aromatic N) is 2. The summed E-state index contributed by atoms with van der Waals surface area (Å²) in [6.45, 7) is 4.75. The normalized spacial score (nSPS) is 20.0. The first-order chi connectivity index (χ1) is 7.18. The molecule has 1 aliphatic rings. The second kappa shape index (κ2) is 3.93.